The lowest BCUT2D eigenvalue weighted by atomic mass is 10.0. The molecule has 1 heterocycles. The van der Waals surface area contributed by atoms with Crippen molar-refractivity contribution in [3.05, 3.63) is 24.3 Å². The minimum Gasteiger partial charge on any atom is -0.495 e. The van der Waals surface area contributed by atoms with Crippen molar-refractivity contribution in [3.8, 4) is 5.75 Å². The molecule has 2 rings (SSSR count). The zero-order valence-electron chi connectivity index (χ0n) is 9.59. The number of aliphatic carboxylic acids is 1. The highest BCUT2D eigenvalue weighted by Gasteiger charge is 2.43. The number of benzene rings is 1. The molecular weight excluding hydrogens is 222 g/mol. The van der Waals surface area contributed by atoms with Crippen molar-refractivity contribution >= 4 is 11.7 Å². The summed E-state index contributed by atoms with van der Waals surface area (Å²) in [6.07, 6.45) is 0.223. The average molecular weight is 237 g/mol. The Labute approximate surface area is 99.2 Å². The number of carboxylic acids is 1. The number of hydrogen-bond acceptors (Lipinski definition) is 4. The van der Waals surface area contributed by atoms with Gasteiger partial charge in [-0.1, -0.05) is 12.1 Å². The van der Waals surface area contributed by atoms with Crippen LogP contribution in [0.2, 0.25) is 0 Å². The summed E-state index contributed by atoms with van der Waals surface area (Å²) in [6, 6.07) is 7.37. The van der Waals surface area contributed by atoms with E-state index in [9.17, 15) is 9.90 Å². The van der Waals surface area contributed by atoms with Crippen molar-refractivity contribution in [1.29, 1.82) is 0 Å². The van der Waals surface area contributed by atoms with Gasteiger partial charge in [-0.2, -0.15) is 0 Å². The first-order chi connectivity index (χ1) is 8.07. The number of carboxylic acid groups (broad SMARTS) is 1. The molecule has 0 aliphatic carbocycles. The summed E-state index contributed by atoms with van der Waals surface area (Å²) in [5.74, 6) is -0.489. The highest BCUT2D eigenvalue weighted by Crippen LogP contribution is 2.33. The third-order valence-electron chi connectivity index (χ3n) is 3.07. The van der Waals surface area contributed by atoms with E-state index in [-0.39, 0.29) is 13.0 Å². The van der Waals surface area contributed by atoms with E-state index in [1.54, 1.807) is 7.11 Å². The molecule has 2 N–H and O–H groups in total. The van der Waals surface area contributed by atoms with Crippen molar-refractivity contribution in [2.75, 3.05) is 25.1 Å². The summed E-state index contributed by atoms with van der Waals surface area (Å²) < 4.78 is 5.22. The first-order valence-electron chi connectivity index (χ1n) is 5.40. The molecule has 92 valence electrons. The number of carbonyl (C=O) groups is 1. The molecule has 1 aliphatic heterocycles. The van der Waals surface area contributed by atoms with Gasteiger partial charge in [0.25, 0.3) is 0 Å². The third kappa shape index (κ3) is 2.06. The summed E-state index contributed by atoms with van der Waals surface area (Å²) in [4.78, 5) is 12.8. The number of methoxy groups -OCH3 is 1. The van der Waals surface area contributed by atoms with Gasteiger partial charge in [-0.25, -0.2) is 4.79 Å². The first-order valence-corrected chi connectivity index (χ1v) is 5.40. The maximum absolute atomic E-state index is 10.9. The van der Waals surface area contributed by atoms with Gasteiger partial charge in [-0.15, -0.1) is 0 Å². The van der Waals surface area contributed by atoms with E-state index in [1.807, 2.05) is 29.2 Å². The van der Waals surface area contributed by atoms with Crippen LogP contribution in [-0.2, 0) is 4.79 Å². The number of β-amino-alcohol motifs (C(OH)–C–C–N with tert-alkyl or cyclic N) is 1. The molecule has 1 fully saturated rings. The lowest BCUT2D eigenvalue weighted by molar-refractivity contribution is -0.156. The van der Waals surface area contributed by atoms with Crippen LogP contribution in [0.15, 0.2) is 24.3 Å². The molecule has 0 bridgehead atoms. The first kappa shape index (κ1) is 11.7. The maximum atomic E-state index is 10.9. The van der Waals surface area contributed by atoms with Crippen molar-refractivity contribution < 1.29 is 19.7 Å². The zero-order chi connectivity index (χ0) is 12.5. The monoisotopic (exact) mass is 237 g/mol. The Morgan fingerprint density at radius 3 is 2.76 bits per heavy atom. The second-order valence-corrected chi connectivity index (χ2v) is 4.18. The Kier molecular flexibility index (Phi) is 2.93. The lowest BCUT2D eigenvalue weighted by Crippen LogP contribution is -2.41. The van der Waals surface area contributed by atoms with E-state index in [1.165, 1.54) is 0 Å². The molecular formula is C12H15NO4. The second-order valence-electron chi connectivity index (χ2n) is 4.18. The molecule has 1 unspecified atom stereocenters. The van der Waals surface area contributed by atoms with Gasteiger partial charge < -0.3 is 19.8 Å². The van der Waals surface area contributed by atoms with Crippen molar-refractivity contribution in [1.82, 2.24) is 0 Å². The molecule has 1 aliphatic rings. The standard InChI is InChI=1S/C12H15NO4/c1-17-10-5-3-2-4-9(10)13-7-6-12(16,8-13)11(14)15/h2-5,16H,6-8H2,1H3,(H,14,15). The topological polar surface area (TPSA) is 70.0 Å². The number of para-hydroxylation sites is 2. The van der Waals surface area contributed by atoms with Crippen LogP contribution in [0.3, 0.4) is 0 Å². The van der Waals surface area contributed by atoms with Gasteiger partial charge in [0.2, 0.25) is 0 Å². The van der Waals surface area contributed by atoms with E-state index in [0.717, 1.165) is 5.69 Å². The lowest BCUT2D eigenvalue weighted by Gasteiger charge is -2.22. The van der Waals surface area contributed by atoms with Crippen LogP contribution >= 0.6 is 0 Å². The number of hydrogen-bond donors (Lipinski definition) is 2. The van der Waals surface area contributed by atoms with Gasteiger partial charge in [0.15, 0.2) is 5.60 Å². The molecule has 1 atom stereocenters. The Bertz CT molecular complexity index is 434. The van der Waals surface area contributed by atoms with Gasteiger partial charge in [-0.3, -0.25) is 0 Å². The molecule has 1 saturated heterocycles. The number of nitrogens with zero attached hydrogens (tertiary/aromatic N) is 1. The Hall–Kier alpha value is -1.75. The van der Waals surface area contributed by atoms with E-state index in [4.69, 9.17) is 9.84 Å². The molecule has 0 amide bonds. The second kappa shape index (κ2) is 4.25. The van der Waals surface area contributed by atoms with Crippen LogP contribution < -0.4 is 9.64 Å². The fraction of sp³-hybridized carbons (Fsp3) is 0.417. The summed E-state index contributed by atoms with van der Waals surface area (Å²) in [6.45, 7) is 0.589. The summed E-state index contributed by atoms with van der Waals surface area (Å²) >= 11 is 0. The predicted octanol–water partition coefficient (Wildman–Crippen LogP) is 0.721. The Morgan fingerprint density at radius 2 is 2.18 bits per heavy atom. The number of rotatable bonds is 3. The van der Waals surface area contributed by atoms with Gasteiger partial charge >= 0.3 is 5.97 Å². The smallest absolute Gasteiger partial charge is 0.337 e. The quantitative estimate of drug-likeness (QED) is 0.810. The van der Waals surface area contributed by atoms with Crippen LogP contribution in [0.5, 0.6) is 5.75 Å². The van der Waals surface area contributed by atoms with Crippen molar-refractivity contribution in [3.63, 3.8) is 0 Å². The molecule has 0 spiro atoms. The maximum Gasteiger partial charge on any atom is 0.337 e. The predicted molar refractivity (Wildman–Crippen MR) is 62.4 cm³/mol. The molecule has 1 aromatic carbocycles. The fourth-order valence-electron chi connectivity index (χ4n) is 2.06. The molecule has 0 radical (unpaired) electrons. The molecule has 1 aromatic rings. The van der Waals surface area contributed by atoms with Crippen molar-refractivity contribution in [2.45, 2.75) is 12.0 Å². The summed E-state index contributed by atoms with van der Waals surface area (Å²) in [5.41, 5.74) is -0.840. The molecule has 17 heavy (non-hydrogen) atoms. The van der Waals surface area contributed by atoms with E-state index in [2.05, 4.69) is 0 Å². The summed E-state index contributed by atoms with van der Waals surface area (Å²) in [7, 11) is 1.57. The van der Waals surface area contributed by atoms with Crippen LogP contribution in [0.4, 0.5) is 5.69 Å². The third-order valence-corrected chi connectivity index (χ3v) is 3.07. The highest BCUT2D eigenvalue weighted by atomic mass is 16.5. The van der Waals surface area contributed by atoms with Crippen LogP contribution in [-0.4, -0.2) is 42.0 Å². The normalized spacial score (nSPS) is 23.8. The van der Waals surface area contributed by atoms with Gasteiger partial charge in [0.1, 0.15) is 5.75 Å². The molecule has 5 heteroatoms. The van der Waals surface area contributed by atoms with Crippen LogP contribution in [0, 0.1) is 0 Å². The van der Waals surface area contributed by atoms with Crippen LogP contribution in [0.1, 0.15) is 6.42 Å². The minimum atomic E-state index is -1.65. The van der Waals surface area contributed by atoms with E-state index >= 15 is 0 Å². The van der Waals surface area contributed by atoms with Gasteiger partial charge in [0.05, 0.1) is 19.3 Å². The SMILES string of the molecule is COc1ccccc1N1CCC(O)(C(=O)O)C1. The zero-order valence-corrected chi connectivity index (χ0v) is 9.59. The largest absolute Gasteiger partial charge is 0.495 e. The van der Waals surface area contributed by atoms with E-state index in [0.29, 0.717) is 12.3 Å². The number of anilines is 1. The molecule has 5 nitrogen and oxygen atoms in total. The van der Waals surface area contributed by atoms with Gasteiger partial charge in [-0.05, 0) is 12.1 Å². The highest BCUT2D eigenvalue weighted by molar-refractivity contribution is 5.79. The van der Waals surface area contributed by atoms with Gasteiger partial charge in [0, 0.05) is 13.0 Å². The number of aliphatic hydroxyl groups is 1. The van der Waals surface area contributed by atoms with Crippen LogP contribution in [0.25, 0.3) is 0 Å². The van der Waals surface area contributed by atoms with E-state index < -0.39 is 11.6 Å². The Morgan fingerprint density at radius 1 is 1.47 bits per heavy atom. The Balaban J connectivity index is 2.23. The fourth-order valence-corrected chi connectivity index (χ4v) is 2.06. The molecule has 0 aromatic heterocycles. The number of ether oxygens (including phenoxy) is 1. The average Bonchev–Trinajstić information content (AvgIpc) is 2.73. The molecule has 0 saturated carbocycles. The minimum absolute atomic E-state index is 0.0860. The summed E-state index contributed by atoms with van der Waals surface area (Å²) in [5, 5.41) is 18.8. The van der Waals surface area contributed by atoms with Crippen molar-refractivity contribution in [2.24, 2.45) is 0 Å².